The Balaban J connectivity index is 1.37. The molecule has 0 saturated carbocycles. The van der Waals surface area contributed by atoms with E-state index in [-0.39, 0.29) is 34.3 Å². The van der Waals surface area contributed by atoms with Crippen molar-refractivity contribution in [3.8, 4) is 0 Å². The van der Waals surface area contributed by atoms with Crippen molar-refractivity contribution in [1.82, 2.24) is 20.0 Å². The first-order valence-electron chi connectivity index (χ1n) is 11.0. The minimum Gasteiger partial charge on any atom is -0.312 e. The van der Waals surface area contributed by atoms with Gasteiger partial charge in [-0.2, -0.15) is 18.3 Å². The highest BCUT2D eigenvalue weighted by Crippen LogP contribution is 2.35. The number of nitrogens with zero attached hydrogens (tertiary/aromatic N) is 3. The van der Waals surface area contributed by atoms with E-state index in [4.69, 9.17) is 11.6 Å². The number of carbonyl (C=O) groups excluding carboxylic acids is 2. The number of amides is 2. The fourth-order valence-corrected chi connectivity index (χ4v) is 5.40. The first-order valence-corrected chi connectivity index (χ1v) is 12.2. The van der Waals surface area contributed by atoms with Gasteiger partial charge in [0.05, 0.1) is 28.7 Å². The second kappa shape index (κ2) is 9.33. The van der Waals surface area contributed by atoms with Crippen LogP contribution in [0.2, 0.25) is 5.02 Å². The topological polar surface area (TPSA) is 67.2 Å². The monoisotopic (exact) mass is 520 g/mol. The SMILES string of the molecule is O=C1SC(=Cc2ccc3c(cnn3Cc3ccc(Cl)cc3C(F)(F)F)c2)C(=O)N1C[C@H]1CCCN1. The van der Waals surface area contributed by atoms with Crippen LogP contribution in [0.15, 0.2) is 47.5 Å². The van der Waals surface area contributed by atoms with E-state index >= 15 is 0 Å². The predicted octanol–water partition coefficient (Wildman–Crippen LogP) is 5.55. The molecule has 5 rings (SSSR count). The van der Waals surface area contributed by atoms with E-state index in [0.29, 0.717) is 27.9 Å². The van der Waals surface area contributed by atoms with Gasteiger partial charge in [0.25, 0.3) is 11.1 Å². The van der Waals surface area contributed by atoms with Crippen molar-refractivity contribution >= 4 is 51.5 Å². The number of aromatic nitrogens is 2. The number of rotatable bonds is 5. The van der Waals surface area contributed by atoms with Crippen molar-refractivity contribution in [2.45, 2.75) is 31.6 Å². The molecule has 1 N–H and O–H groups in total. The number of hydrogen-bond acceptors (Lipinski definition) is 5. The van der Waals surface area contributed by atoms with Gasteiger partial charge in [-0.25, -0.2) is 0 Å². The lowest BCUT2D eigenvalue weighted by Gasteiger charge is -2.17. The van der Waals surface area contributed by atoms with Crippen LogP contribution in [-0.4, -0.2) is 45.0 Å². The van der Waals surface area contributed by atoms with Crippen LogP contribution in [-0.2, 0) is 17.5 Å². The summed E-state index contributed by atoms with van der Waals surface area (Å²) in [7, 11) is 0. The normalized spacial score (nSPS) is 20.1. The molecule has 1 atom stereocenters. The summed E-state index contributed by atoms with van der Waals surface area (Å²) in [6.07, 6.45) is 0.646. The van der Waals surface area contributed by atoms with Crippen molar-refractivity contribution in [2.24, 2.45) is 0 Å². The molecule has 2 aromatic carbocycles. The Morgan fingerprint density at radius 2 is 2.03 bits per heavy atom. The van der Waals surface area contributed by atoms with Gasteiger partial charge < -0.3 is 5.32 Å². The lowest BCUT2D eigenvalue weighted by Crippen LogP contribution is -2.39. The molecule has 2 fully saturated rings. The Morgan fingerprint density at radius 3 is 2.77 bits per heavy atom. The van der Waals surface area contributed by atoms with Crippen LogP contribution in [0.25, 0.3) is 17.0 Å². The highest BCUT2D eigenvalue weighted by Gasteiger charge is 2.37. The third-order valence-corrected chi connectivity index (χ3v) is 7.24. The fourth-order valence-electron chi connectivity index (χ4n) is 4.37. The van der Waals surface area contributed by atoms with Gasteiger partial charge in [-0.1, -0.05) is 23.7 Å². The van der Waals surface area contributed by atoms with Gasteiger partial charge in [0.15, 0.2) is 0 Å². The minimum atomic E-state index is -4.53. The van der Waals surface area contributed by atoms with Crippen molar-refractivity contribution in [3.63, 3.8) is 0 Å². The van der Waals surface area contributed by atoms with E-state index < -0.39 is 11.7 Å². The number of nitrogens with one attached hydrogen (secondary N) is 1. The smallest absolute Gasteiger partial charge is 0.312 e. The molecule has 0 unspecified atom stereocenters. The zero-order valence-corrected chi connectivity index (χ0v) is 19.9. The molecular formula is C24H20ClF3N4O2S. The maximum absolute atomic E-state index is 13.5. The Hall–Kier alpha value is -2.82. The predicted molar refractivity (Wildman–Crippen MR) is 129 cm³/mol. The highest BCUT2D eigenvalue weighted by atomic mass is 35.5. The summed E-state index contributed by atoms with van der Waals surface area (Å²) in [4.78, 5) is 26.8. The highest BCUT2D eigenvalue weighted by molar-refractivity contribution is 8.18. The van der Waals surface area contributed by atoms with Crippen molar-refractivity contribution in [3.05, 3.63) is 69.2 Å². The summed E-state index contributed by atoms with van der Waals surface area (Å²) < 4.78 is 41.9. The molecule has 0 radical (unpaired) electrons. The first-order chi connectivity index (χ1) is 16.7. The third-order valence-electron chi connectivity index (χ3n) is 6.10. The molecule has 0 spiro atoms. The van der Waals surface area contributed by atoms with Crippen molar-refractivity contribution in [1.29, 1.82) is 0 Å². The number of carbonyl (C=O) groups is 2. The number of benzene rings is 2. The van der Waals surface area contributed by atoms with Gasteiger partial charge in [0.2, 0.25) is 0 Å². The van der Waals surface area contributed by atoms with E-state index in [0.717, 1.165) is 37.2 Å². The lowest BCUT2D eigenvalue weighted by molar-refractivity contribution is -0.138. The molecule has 182 valence electrons. The van der Waals surface area contributed by atoms with Crippen LogP contribution < -0.4 is 5.32 Å². The van der Waals surface area contributed by atoms with Crippen LogP contribution in [0.5, 0.6) is 0 Å². The molecular weight excluding hydrogens is 501 g/mol. The molecule has 2 amide bonds. The first kappa shape index (κ1) is 23.9. The molecule has 3 aromatic rings. The van der Waals surface area contributed by atoms with E-state index in [1.165, 1.54) is 21.7 Å². The fraction of sp³-hybridized carbons (Fsp3) is 0.292. The van der Waals surface area contributed by atoms with Gasteiger partial charge >= 0.3 is 6.18 Å². The van der Waals surface area contributed by atoms with Crippen LogP contribution in [0.3, 0.4) is 0 Å². The summed E-state index contributed by atoms with van der Waals surface area (Å²) in [6, 6.07) is 9.09. The Bertz CT molecular complexity index is 1350. The third kappa shape index (κ3) is 4.96. The summed E-state index contributed by atoms with van der Waals surface area (Å²) in [5, 5.41) is 7.98. The summed E-state index contributed by atoms with van der Waals surface area (Å²) >= 11 is 6.69. The maximum atomic E-state index is 13.5. The van der Waals surface area contributed by atoms with Gasteiger partial charge in [0, 0.05) is 23.0 Å². The molecule has 6 nitrogen and oxygen atoms in total. The average Bonchev–Trinajstić information content (AvgIpc) is 3.52. The van der Waals surface area contributed by atoms with Gasteiger partial charge in [-0.3, -0.25) is 19.2 Å². The number of fused-ring (bicyclic) bond motifs is 1. The van der Waals surface area contributed by atoms with E-state index in [1.54, 1.807) is 30.5 Å². The molecule has 11 heteroatoms. The molecule has 35 heavy (non-hydrogen) atoms. The van der Waals surface area contributed by atoms with Crippen LogP contribution in [0, 0.1) is 0 Å². The molecule has 2 saturated heterocycles. The minimum absolute atomic E-state index is 0.0139. The summed E-state index contributed by atoms with van der Waals surface area (Å²) in [6.45, 7) is 1.17. The number of alkyl halides is 3. The number of hydrogen-bond donors (Lipinski definition) is 1. The Kier molecular flexibility index (Phi) is 6.37. The number of halogens is 4. The van der Waals surface area contributed by atoms with Crippen LogP contribution >= 0.6 is 23.4 Å². The average molecular weight is 521 g/mol. The molecule has 0 aliphatic carbocycles. The van der Waals surface area contributed by atoms with Gasteiger partial charge in [0.1, 0.15) is 0 Å². The quantitative estimate of drug-likeness (QED) is 0.447. The molecule has 1 aromatic heterocycles. The van der Waals surface area contributed by atoms with E-state index in [1.807, 2.05) is 0 Å². The summed E-state index contributed by atoms with van der Waals surface area (Å²) in [5.74, 6) is -0.313. The second-order valence-corrected chi connectivity index (χ2v) is 9.93. The standard InChI is InChI=1S/C24H20ClF3N4O2S/c25-17-5-4-15(19(10-17)24(26,27)28)12-32-20-6-3-14(8-16(20)11-30-32)9-21-22(33)31(23(34)35-21)13-18-2-1-7-29-18/h3-6,8-11,18,29H,1-2,7,12-13H2/t18-/m1/s1. The zero-order chi connectivity index (χ0) is 24.7. The zero-order valence-electron chi connectivity index (χ0n) is 18.3. The molecule has 2 aliphatic rings. The van der Waals surface area contributed by atoms with Crippen LogP contribution in [0.4, 0.5) is 18.0 Å². The molecule has 0 bridgehead atoms. The Labute approximate surface area is 208 Å². The maximum Gasteiger partial charge on any atom is 0.416 e. The lowest BCUT2D eigenvalue weighted by atomic mass is 10.1. The van der Waals surface area contributed by atoms with Crippen LogP contribution in [0.1, 0.15) is 29.5 Å². The van der Waals surface area contributed by atoms with Crippen molar-refractivity contribution in [2.75, 3.05) is 13.1 Å². The number of imide groups is 1. The van der Waals surface area contributed by atoms with Crippen molar-refractivity contribution < 1.29 is 22.8 Å². The largest absolute Gasteiger partial charge is 0.416 e. The number of thioether (sulfide) groups is 1. The molecule has 2 aliphatic heterocycles. The Morgan fingerprint density at radius 1 is 1.20 bits per heavy atom. The molecule has 3 heterocycles. The van der Waals surface area contributed by atoms with Gasteiger partial charge in [-0.15, -0.1) is 0 Å². The van der Waals surface area contributed by atoms with E-state index in [9.17, 15) is 22.8 Å². The van der Waals surface area contributed by atoms with E-state index in [2.05, 4.69) is 10.4 Å². The van der Waals surface area contributed by atoms with Gasteiger partial charge in [-0.05, 0) is 72.6 Å². The summed E-state index contributed by atoms with van der Waals surface area (Å²) in [5.41, 5.74) is 0.602. The second-order valence-electron chi connectivity index (χ2n) is 8.51.